The van der Waals surface area contributed by atoms with Crippen LogP contribution in [-0.2, 0) is 6.42 Å². The van der Waals surface area contributed by atoms with Gasteiger partial charge in [-0.15, -0.1) is 0 Å². The van der Waals surface area contributed by atoms with Gasteiger partial charge in [0, 0.05) is 13.1 Å². The van der Waals surface area contributed by atoms with E-state index in [0.717, 1.165) is 50.4 Å². The highest BCUT2D eigenvalue weighted by molar-refractivity contribution is 5.97. The average molecular weight is 278 g/mol. The van der Waals surface area contributed by atoms with Crippen LogP contribution in [0.5, 0.6) is 0 Å². The van der Waals surface area contributed by atoms with E-state index in [2.05, 4.69) is 31.0 Å². The Kier molecular flexibility index (Phi) is 4.68. The number of nitrogens with zero attached hydrogens (tertiary/aromatic N) is 2. The van der Waals surface area contributed by atoms with Crippen LogP contribution in [0.15, 0.2) is 0 Å². The molecule has 1 aliphatic rings. The molecule has 0 unspecified atom stereocenters. The summed E-state index contributed by atoms with van der Waals surface area (Å²) in [5.41, 5.74) is 7.84. The van der Waals surface area contributed by atoms with Gasteiger partial charge in [-0.05, 0) is 31.1 Å². The molecule has 20 heavy (non-hydrogen) atoms. The van der Waals surface area contributed by atoms with Crippen molar-refractivity contribution in [2.24, 2.45) is 11.8 Å². The van der Waals surface area contributed by atoms with E-state index in [1.165, 1.54) is 0 Å². The predicted molar refractivity (Wildman–Crippen MR) is 80.5 cm³/mol. The van der Waals surface area contributed by atoms with E-state index in [-0.39, 0.29) is 5.91 Å². The molecule has 1 amide bonds. The molecule has 0 spiro atoms. The zero-order valence-corrected chi connectivity index (χ0v) is 12.8. The summed E-state index contributed by atoms with van der Waals surface area (Å²) in [6, 6.07) is 0. The maximum absolute atomic E-state index is 12.5. The van der Waals surface area contributed by atoms with E-state index in [1.54, 1.807) is 0 Å². The molecule has 3 N–H and O–H groups in total. The molecule has 1 fully saturated rings. The zero-order chi connectivity index (χ0) is 14.7. The zero-order valence-electron chi connectivity index (χ0n) is 12.8. The number of piperidine rings is 1. The summed E-state index contributed by atoms with van der Waals surface area (Å²) < 4.78 is 0. The lowest BCUT2D eigenvalue weighted by Crippen LogP contribution is -2.39. The summed E-state index contributed by atoms with van der Waals surface area (Å²) in [6.07, 6.45) is 3.98. The van der Waals surface area contributed by atoms with Gasteiger partial charge < -0.3 is 10.6 Å². The molecular formula is C15H26N4O. The molecule has 112 valence electrons. The Balaban J connectivity index is 2.02. The minimum Gasteiger partial charge on any atom is -0.395 e. The third-order valence-electron chi connectivity index (χ3n) is 4.36. The number of nitrogens with two attached hydrogens (primary N) is 1. The Labute approximate surface area is 120 Å². The van der Waals surface area contributed by atoms with Crippen LogP contribution >= 0.6 is 0 Å². The van der Waals surface area contributed by atoms with Crippen LogP contribution in [0.3, 0.4) is 0 Å². The third-order valence-corrected chi connectivity index (χ3v) is 4.36. The number of carbonyl (C=O) groups excluding carboxylic acids is 1. The average Bonchev–Trinajstić information content (AvgIpc) is 2.80. The lowest BCUT2D eigenvalue weighted by atomic mass is 9.86. The van der Waals surface area contributed by atoms with Crippen LogP contribution in [0.4, 0.5) is 5.69 Å². The molecule has 0 radical (unpaired) electrons. The van der Waals surface area contributed by atoms with Crippen LogP contribution < -0.4 is 5.73 Å². The van der Waals surface area contributed by atoms with Gasteiger partial charge in [-0.2, -0.15) is 5.10 Å². The predicted octanol–water partition coefficient (Wildman–Crippen LogP) is 2.45. The topological polar surface area (TPSA) is 75.0 Å². The molecule has 0 aromatic carbocycles. The summed E-state index contributed by atoms with van der Waals surface area (Å²) in [5, 5.41) is 7.02. The number of rotatable bonds is 4. The summed E-state index contributed by atoms with van der Waals surface area (Å²) in [4.78, 5) is 14.4. The van der Waals surface area contributed by atoms with Gasteiger partial charge in [-0.1, -0.05) is 27.2 Å². The van der Waals surface area contributed by atoms with Gasteiger partial charge in [-0.3, -0.25) is 9.89 Å². The normalized spacial score (nSPS) is 16.9. The third kappa shape index (κ3) is 2.97. The molecule has 0 saturated carbocycles. The summed E-state index contributed by atoms with van der Waals surface area (Å²) in [5.74, 6) is 1.40. The summed E-state index contributed by atoms with van der Waals surface area (Å²) in [7, 11) is 0. The number of H-pyrrole nitrogens is 1. The lowest BCUT2D eigenvalue weighted by molar-refractivity contribution is 0.0663. The standard InChI is InChI=1S/C15H26N4O/c1-4-5-12-13(16)14(18-17-12)15(20)19-8-6-11(7-9-19)10(2)3/h10-11H,4-9,16H2,1-3H3,(H,17,18). The Hall–Kier alpha value is -1.52. The second kappa shape index (κ2) is 6.29. The number of amides is 1. The molecule has 2 rings (SSSR count). The Morgan fingerprint density at radius 2 is 2.10 bits per heavy atom. The molecule has 2 heterocycles. The van der Waals surface area contributed by atoms with Crippen molar-refractivity contribution in [1.82, 2.24) is 15.1 Å². The molecular weight excluding hydrogens is 252 g/mol. The summed E-state index contributed by atoms with van der Waals surface area (Å²) >= 11 is 0. The fourth-order valence-corrected chi connectivity index (χ4v) is 2.91. The van der Waals surface area contributed by atoms with Crippen LogP contribution in [0, 0.1) is 11.8 Å². The van der Waals surface area contributed by atoms with E-state index in [9.17, 15) is 4.79 Å². The highest BCUT2D eigenvalue weighted by Gasteiger charge is 2.28. The van der Waals surface area contributed by atoms with Crippen molar-refractivity contribution in [3.05, 3.63) is 11.4 Å². The molecule has 1 aromatic rings. The highest BCUT2D eigenvalue weighted by Crippen LogP contribution is 2.26. The number of aryl methyl sites for hydroxylation is 1. The van der Waals surface area contributed by atoms with Gasteiger partial charge in [0.2, 0.25) is 0 Å². The number of likely N-dealkylation sites (tertiary alicyclic amines) is 1. The molecule has 0 bridgehead atoms. The first-order chi connectivity index (χ1) is 9.54. The fourth-order valence-electron chi connectivity index (χ4n) is 2.91. The maximum Gasteiger partial charge on any atom is 0.276 e. The van der Waals surface area contributed by atoms with Crippen LogP contribution in [0.1, 0.15) is 56.2 Å². The van der Waals surface area contributed by atoms with Crippen LogP contribution in [0.2, 0.25) is 0 Å². The molecule has 0 aliphatic carbocycles. The summed E-state index contributed by atoms with van der Waals surface area (Å²) in [6.45, 7) is 8.22. The molecule has 0 atom stereocenters. The first kappa shape index (κ1) is 14.9. The van der Waals surface area contributed by atoms with Crippen molar-refractivity contribution in [3.8, 4) is 0 Å². The number of anilines is 1. The number of hydrogen-bond donors (Lipinski definition) is 2. The van der Waals surface area contributed by atoms with Crippen molar-refractivity contribution < 1.29 is 4.79 Å². The van der Waals surface area contributed by atoms with E-state index in [0.29, 0.717) is 17.3 Å². The monoisotopic (exact) mass is 278 g/mol. The number of carbonyl (C=O) groups is 1. The SMILES string of the molecule is CCCc1[nH]nc(C(=O)N2CCC(C(C)C)CC2)c1N. The maximum atomic E-state index is 12.5. The number of nitrogens with one attached hydrogen (secondary N) is 1. The lowest BCUT2D eigenvalue weighted by Gasteiger charge is -2.33. The van der Waals surface area contributed by atoms with Gasteiger partial charge in [-0.25, -0.2) is 0 Å². The van der Waals surface area contributed by atoms with Gasteiger partial charge in [0.1, 0.15) is 0 Å². The minimum atomic E-state index is -0.0247. The number of aromatic nitrogens is 2. The van der Waals surface area contributed by atoms with E-state index < -0.39 is 0 Å². The minimum absolute atomic E-state index is 0.0247. The number of aromatic amines is 1. The van der Waals surface area contributed by atoms with Crippen molar-refractivity contribution in [1.29, 1.82) is 0 Å². The van der Waals surface area contributed by atoms with Crippen molar-refractivity contribution in [2.45, 2.75) is 46.5 Å². The second-order valence-corrected chi connectivity index (χ2v) is 6.09. The van der Waals surface area contributed by atoms with Crippen molar-refractivity contribution in [2.75, 3.05) is 18.8 Å². The van der Waals surface area contributed by atoms with E-state index in [1.807, 2.05) is 4.90 Å². The molecule has 1 saturated heterocycles. The van der Waals surface area contributed by atoms with Gasteiger partial charge in [0.25, 0.3) is 5.91 Å². The fraction of sp³-hybridized carbons (Fsp3) is 0.733. The molecule has 1 aromatic heterocycles. The van der Waals surface area contributed by atoms with Crippen molar-refractivity contribution in [3.63, 3.8) is 0 Å². The molecule has 1 aliphatic heterocycles. The Morgan fingerprint density at radius 1 is 1.45 bits per heavy atom. The van der Waals surface area contributed by atoms with Crippen LogP contribution in [-0.4, -0.2) is 34.1 Å². The quantitative estimate of drug-likeness (QED) is 0.888. The first-order valence-corrected chi connectivity index (χ1v) is 7.66. The Bertz CT molecular complexity index is 458. The first-order valence-electron chi connectivity index (χ1n) is 7.66. The van der Waals surface area contributed by atoms with Gasteiger partial charge in [0.05, 0.1) is 11.4 Å². The Morgan fingerprint density at radius 3 is 2.65 bits per heavy atom. The molecule has 5 heteroatoms. The van der Waals surface area contributed by atoms with Gasteiger partial charge >= 0.3 is 0 Å². The molecule has 5 nitrogen and oxygen atoms in total. The van der Waals surface area contributed by atoms with Crippen molar-refractivity contribution >= 4 is 11.6 Å². The number of nitrogen functional groups attached to an aromatic ring is 1. The van der Waals surface area contributed by atoms with Gasteiger partial charge in [0.15, 0.2) is 5.69 Å². The van der Waals surface area contributed by atoms with E-state index >= 15 is 0 Å². The second-order valence-electron chi connectivity index (χ2n) is 6.09. The highest BCUT2D eigenvalue weighted by atomic mass is 16.2. The number of hydrogen-bond acceptors (Lipinski definition) is 3. The van der Waals surface area contributed by atoms with E-state index in [4.69, 9.17) is 5.73 Å². The van der Waals surface area contributed by atoms with Crippen LogP contribution in [0.25, 0.3) is 0 Å². The largest absolute Gasteiger partial charge is 0.395 e. The smallest absolute Gasteiger partial charge is 0.276 e.